The highest BCUT2D eigenvalue weighted by atomic mass is 19.1. The highest BCUT2D eigenvalue weighted by Gasteiger charge is 2.58. The second kappa shape index (κ2) is 11.8. The summed E-state index contributed by atoms with van der Waals surface area (Å²) in [4.78, 5) is 65.8. The first-order valence-corrected chi connectivity index (χ1v) is 14.0. The van der Waals surface area contributed by atoms with E-state index < -0.39 is 47.9 Å². The van der Waals surface area contributed by atoms with Crippen LogP contribution in [0.1, 0.15) is 55.2 Å². The summed E-state index contributed by atoms with van der Waals surface area (Å²) in [5, 5.41) is 14.3. The van der Waals surface area contributed by atoms with Crippen LogP contribution in [-0.4, -0.2) is 64.4 Å². The number of nitrogens with one attached hydrogen (secondary N) is 2. The van der Waals surface area contributed by atoms with Crippen molar-refractivity contribution in [3.05, 3.63) is 65.0 Å². The number of carbonyl (C=O) groups is 5. The molecule has 2 aliphatic carbocycles. The number of carboxylic acid groups (broad SMARTS) is 1. The van der Waals surface area contributed by atoms with Crippen molar-refractivity contribution < 1.29 is 38.2 Å². The average molecular weight is 581 g/mol. The van der Waals surface area contributed by atoms with Crippen LogP contribution in [0.15, 0.2) is 42.5 Å². The monoisotopic (exact) mass is 580 g/mol. The molecule has 12 heteroatoms. The van der Waals surface area contributed by atoms with E-state index in [9.17, 15) is 28.4 Å². The zero-order valence-corrected chi connectivity index (χ0v) is 23.2. The zero-order chi connectivity index (χ0) is 30.0. The molecule has 0 radical (unpaired) electrons. The molecule has 1 atom stereocenters. The topological polar surface area (TPSA) is 145 Å². The van der Waals surface area contributed by atoms with Crippen molar-refractivity contribution >= 4 is 35.6 Å². The number of urea groups is 1. The molecule has 3 N–H and O–H groups in total. The van der Waals surface area contributed by atoms with Gasteiger partial charge in [-0.2, -0.15) is 0 Å². The lowest BCUT2D eigenvalue weighted by atomic mass is 9.83. The maximum Gasteiger partial charge on any atom is 0.418 e. The van der Waals surface area contributed by atoms with E-state index in [0.29, 0.717) is 48.9 Å². The molecule has 1 aliphatic heterocycles. The van der Waals surface area contributed by atoms with Crippen LogP contribution in [0.5, 0.6) is 0 Å². The van der Waals surface area contributed by atoms with Crippen molar-refractivity contribution in [3.63, 3.8) is 0 Å². The number of aliphatic carboxylic acids is 1. The number of nitrogens with zero attached hydrogens (tertiary/aromatic N) is 2. The first-order valence-electron chi connectivity index (χ1n) is 14.0. The van der Waals surface area contributed by atoms with Crippen molar-refractivity contribution in [1.29, 1.82) is 0 Å². The van der Waals surface area contributed by atoms with E-state index >= 15 is 0 Å². The van der Waals surface area contributed by atoms with E-state index in [-0.39, 0.29) is 31.3 Å². The zero-order valence-electron chi connectivity index (χ0n) is 23.2. The third kappa shape index (κ3) is 5.79. The second-order valence-electron chi connectivity index (χ2n) is 11.1. The highest BCUT2D eigenvalue weighted by Crippen LogP contribution is 2.46. The number of fused-ring (bicyclic) bond motifs is 2. The number of aryl methyl sites for hydroxylation is 1. The van der Waals surface area contributed by atoms with Crippen LogP contribution in [0.3, 0.4) is 0 Å². The molecule has 2 aromatic carbocycles. The number of rotatable bonds is 8. The smallest absolute Gasteiger partial charge is 0.418 e. The minimum absolute atomic E-state index is 0.0195. The number of ether oxygens (including phenoxy) is 1. The summed E-state index contributed by atoms with van der Waals surface area (Å²) in [5.74, 6) is -2.31. The van der Waals surface area contributed by atoms with E-state index in [1.54, 1.807) is 35.2 Å². The van der Waals surface area contributed by atoms with Crippen LogP contribution in [0.4, 0.5) is 19.7 Å². The van der Waals surface area contributed by atoms with Crippen molar-refractivity contribution in [1.82, 2.24) is 15.1 Å². The van der Waals surface area contributed by atoms with E-state index in [1.165, 1.54) is 19.2 Å². The number of amides is 5. The van der Waals surface area contributed by atoms with Gasteiger partial charge in [-0.1, -0.05) is 18.2 Å². The van der Waals surface area contributed by atoms with Gasteiger partial charge in [-0.15, -0.1) is 0 Å². The molecule has 1 spiro atoms. The lowest BCUT2D eigenvalue weighted by Crippen LogP contribution is -2.48. The van der Waals surface area contributed by atoms with Gasteiger partial charge in [0.25, 0.3) is 5.91 Å². The Hall–Kier alpha value is -4.48. The molecule has 0 aromatic heterocycles. The van der Waals surface area contributed by atoms with E-state index in [1.807, 2.05) is 0 Å². The van der Waals surface area contributed by atoms with E-state index in [0.717, 1.165) is 10.5 Å². The number of hydrogen-bond acceptors (Lipinski definition) is 6. The lowest BCUT2D eigenvalue weighted by molar-refractivity contribution is -0.143. The van der Waals surface area contributed by atoms with Gasteiger partial charge in [-0.05, 0) is 73.4 Å². The largest absolute Gasteiger partial charge is 0.481 e. The van der Waals surface area contributed by atoms with Crippen LogP contribution in [0, 0.1) is 11.7 Å². The number of benzene rings is 2. The molecule has 1 saturated carbocycles. The van der Waals surface area contributed by atoms with Gasteiger partial charge in [0.15, 0.2) is 0 Å². The van der Waals surface area contributed by atoms with Crippen LogP contribution in [0.25, 0.3) is 0 Å². The Kier molecular flexibility index (Phi) is 8.15. The van der Waals surface area contributed by atoms with E-state index in [4.69, 9.17) is 9.84 Å². The molecule has 3 aliphatic rings. The summed E-state index contributed by atoms with van der Waals surface area (Å²) in [6.45, 7) is -0.360. The Morgan fingerprint density at radius 2 is 1.81 bits per heavy atom. The van der Waals surface area contributed by atoms with Gasteiger partial charge >= 0.3 is 18.1 Å². The Bertz CT molecular complexity index is 1410. The van der Waals surface area contributed by atoms with Crippen molar-refractivity contribution in [2.75, 3.05) is 18.9 Å². The Labute approximate surface area is 242 Å². The summed E-state index contributed by atoms with van der Waals surface area (Å²) in [5.41, 5.74) is 0.973. The molecule has 1 heterocycles. The average Bonchev–Trinajstić information content (AvgIpc) is 3.44. The molecule has 0 bridgehead atoms. The normalized spacial score (nSPS) is 23.0. The molecule has 42 heavy (non-hydrogen) atoms. The van der Waals surface area contributed by atoms with Gasteiger partial charge in [0.05, 0.1) is 0 Å². The number of anilines is 1. The maximum absolute atomic E-state index is 13.8. The number of carboxylic acids is 1. The van der Waals surface area contributed by atoms with Gasteiger partial charge in [0.2, 0.25) is 11.5 Å². The third-order valence-corrected chi connectivity index (χ3v) is 8.44. The minimum atomic E-state index is -1.53. The minimum Gasteiger partial charge on any atom is -0.481 e. The summed E-state index contributed by atoms with van der Waals surface area (Å²) in [6.07, 6.45) is 2.24. The fourth-order valence-corrected chi connectivity index (χ4v) is 6.27. The van der Waals surface area contributed by atoms with Crippen molar-refractivity contribution in [3.8, 4) is 0 Å². The first-order chi connectivity index (χ1) is 20.1. The molecule has 5 rings (SSSR count). The number of hydrogen-bond donors (Lipinski definition) is 3. The molecule has 11 nitrogen and oxygen atoms in total. The lowest BCUT2D eigenvalue weighted by Gasteiger charge is -2.37. The molecule has 5 amide bonds. The van der Waals surface area contributed by atoms with Crippen LogP contribution in [0.2, 0.25) is 0 Å². The van der Waals surface area contributed by atoms with Crippen molar-refractivity contribution in [2.45, 2.75) is 63.1 Å². The molecular formula is C30H33FN4O7. The van der Waals surface area contributed by atoms with Gasteiger partial charge < -0.3 is 25.4 Å². The summed E-state index contributed by atoms with van der Waals surface area (Å²) in [6, 6.07) is 10.2. The molecular weight excluding hydrogens is 547 g/mol. The predicted octanol–water partition coefficient (Wildman–Crippen LogP) is 3.76. The van der Waals surface area contributed by atoms with Crippen molar-refractivity contribution in [2.24, 2.45) is 5.92 Å². The van der Waals surface area contributed by atoms with E-state index in [2.05, 4.69) is 10.6 Å². The first kappa shape index (κ1) is 29.0. The highest BCUT2D eigenvalue weighted by molar-refractivity contribution is 6.06. The molecule has 0 unspecified atom stereocenters. The standard InChI is InChI=1S/C30H33FN4O7/c1-32-28(40)33-22-8-11-24-20(15-22)12-13-30(24)27(39)35(29(41)42-30)17-25(36)34(16-19-2-6-21(31)7-3-19)23-9-4-18(5-10-23)14-26(37)38/h2-3,6-8,11,15,18,23H,4-5,9-10,12-14,16-17H2,1H3,(H,37,38)(H2,32,33,40)/t18?,23?,30-/m1/s1. The molecule has 222 valence electrons. The quantitative estimate of drug-likeness (QED) is 0.431. The number of imide groups is 1. The van der Waals surface area contributed by atoms with Gasteiger partial charge in [-0.3, -0.25) is 14.4 Å². The molecule has 1 saturated heterocycles. The fraction of sp³-hybridized carbons (Fsp3) is 0.433. The summed E-state index contributed by atoms with van der Waals surface area (Å²) >= 11 is 0. The second-order valence-corrected chi connectivity index (χ2v) is 11.1. The fourth-order valence-electron chi connectivity index (χ4n) is 6.27. The molecule has 2 aromatic rings. The van der Waals surface area contributed by atoms with Gasteiger partial charge in [0, 0.05) is 43.7 Å². The van der Waals surface area contributed by atoms with Gasteiger partial charge in [-0.25, -0.2) is 18.9 Å². The number of carbonyl (C=O) groups excluding carboxylic acids is 4. The SMILES string of the molecule is CNC(=O)Nc1ccc2c(c1)CC[C@@]21OC(=O)N(CC(=O)N(Cc2ccc(F)cc2)C2CCC(CC(=O)O)CC2)C1=O. The van der Waals surface area contributed by atoms with Crippen LogP contribution < -0.4 is 10.6 Å². The predicted molar refractivity (Wildman–Crippen MR) is 148 cm³/mol. The summed E-state index contributed by atoms with van der Waals surface area (Å²) < 4.78 is 19.2. The maximum atomic E-state index is 13.8. The van der Waals surface area contributed by atoms with Crippen LogP contribution in [-0.2, 0) is 37.7 Å². The number of halogens is 1. The van der Waals surface area contributed by atoms with Crippen LogP contribution >= 0.6 is 0 Å². The Balaban J connectivity index is 1.33. The Morgan fingerprint density at radius 3 is 2.48 bits per heavy atom. The third-order valence-electron chi connectivity index (χ3n) is 8.44. The molecule has 2 fully saturated rings. The Morgan fingerprint density at radius 1 is 1.10 bits per heavy atom. The van der Waals surface area contributed by atoms with Gasteiger partial charge in [0.1, 0.15) is 12.4 Å². The summed E-state index contributed by atoms with van der Waals surface area (Å²) in [7, 11) is 1.50.